The molecule has 0 aromatic carbocycles. The molecule has 0 fully saturated rings. The van der Waals surface area contributed by atoms with Crippen LogP contribution in [0.2, 0.25) is 0 Å². The first kappa shape index (κ1) is 9.99. The number of anilines is 1. The minimum absolute atomic E-state index is 0.593. The standard InChI is InChI=1S/C8H8N2S.C2H6/c1-5-2-6-3-8(9)10-4-7(6)11-5;1-2/h2-4H,1H3,(H2,9,10);1-2H3. The maximum Gasteiger partial charge on any atom is 0.123 e. The van der Waals surface area contributed by atoms with Crippen molar-refractivity contribution in [2.45, 2.75) is 20.8 Å². The molecule has 3 heteroatoms. The lowest BCUT2D eigenvalue weighted by Crippen LogP contribution is -1.86. The van der Waals surface area contributed by atoms with Crippen molar-refractivity contribution in [3.63, 3.8) is 0 Å². The van der Waals surface area contributed by atoms with Crippen molar-refractivity contribution in [3.8, 4) is 0 Å². The van der Waals surface area contributed by atoms with Crippen molar-refractivity contribution < 1.29 is 0 Å². The van der Waals surface area contributed by atoms with Gasteiger partial charge in [0.05, 0.1) is 4.70 Å². The highest BCUT2D eigenvalue weighted by molar-refractivity contribution is 7.18. The zero-order valence-corrected chi connectivity index (χ0v) is 8.98. The lowest BCUT2D eigenvalue weighted by molar-refractivity contribution is 1.38. The fourth-order valence-electron chi connectivity index (χ4n) is 1.10. The first-order chi connectivity index (χ1) is 6.25. The van der Waals surface area contributed by atoms with E-state index in [0.717, 1.165) is 0 Å². The van der Waals surface area contributed by atoms with E-state index in [0.29, 0.717) is 5.82 Å². The molecule has 0 aliphatic heterocycles. The summed E-state index contributed by atoms with van der Waals surface area (Å²) in [6.45, 7) is 6.08. The summed E-state index contributed by atoms with van der Waals surface area (Å²) in [7, 11) is 0. The minimum atomic E-state index is 0.593. The molecule has 2 N–H and O–H groups in total. The predicted molar refractivity (Wildman–Crippen MR) is 60.1 cm³/mol. The van der Waals surface area contributed by atoms with Crippen molar-refractivity contribution in [2.75, 3.05) is 5.73 Å². The van der Waals surface area contributed by atoms with Gasteiger partial charge in [0, 0.05) is 11.1 Å². The number of thiophene rings is 1. The van der Waals surface area contributed by atoms with Crippen molar-refractivity contribution in [1.82, 2.24) is 4.98 Å². The van der Waals surface area contributed by atoms with Gasteiger partial charge < -0.3 is 5.73 Å². The van der Waals surface area contributed by atoms with Crippen LogP contribution in [0.3, 0.4) is 0 Å². The summed E-state index contributed by atoms with van der Waals surface area (Å²) in [6, 6.07) is 4.02. The van der Waals surface area contributed by atoms with Gasteiger partial charge in [-0.05, 0) is 24.4 Å². The molecule has 70 valence electrons. The maximum atomic E-state index is 5.53. The van der Waals surface area contributed by atoms with Crippen molar-refractivity contribution in [3.05, 3.63) is 23.2 Å². The van der Waals surface area contributed by atoms with E-state index in [4.69, 9.17) is 5.73 Å². The molecule has 2 aromatic heterocycles. The molecule has 0 saturated heterocycles. The highest BCUT2D eigenvalue weighted by atomic mass is 32.1. The number of hydrogen-bond acceptors (Lipinski definition) is 3. The second-order valence-electron chi connectivity index (χ2n) is 2.50. The van der Waals surface area contributed by atoms with Crippen LogP contribution < -0.4 is 5.73 Å². The smallest absolute Gasteiger partial charge is 0.123 e. The topological polar surface area (TPSA) is 38.9 Å². The van der Waals surface area contributed by atoms with Gasteiger partial charge in [-0.15, -0.1) is 11.3 Å². The number of nitrogens with zero attached hydrogens (tertiary/aromatic N) is 1. The van der Waals surface area contributed by atoms with Gasteiger partial charge in [-0.1, -0.05) is 13.8 Å². The summed E-state index contributed by atoms with van der Waals surface area (Å²) in [5.74, 6) is 0.593. The van der Waals surface area contributed by atoms with E-state index < -0.39 is 0 Å². The van der Waals surface area contributed by atoms with Crippen LogP contribution in [0.1, 0.15) is 18.7 Å². The third-order valence-electron chi connectivity index (χ3n) is 1.55. The molecule has 13 heavy (non-hydrogen) atoms. The van der Waals surface area contributed by atoms with E-state index in [9.17, 15) is 0 Å². The Morgan fingerprint density at radius 2 is 2.00 bits per heavy atom. The number of pyridine rings is 1. The maximum absolute atomic E-state index is 5.53. The third-order valence-corrected chi connectivity index (χ3v) is 2.55. The Labute approximate surface area is 82.4 Å². The molecule has 2 nitrogen and oxygen atoms in total. The van der Waals surface area contributed by atoms with Crippen molar-refractivity contribution in [2.24, 2.45) is 0 Å². The number of aryl methyl sites for hydroxylation is 1. The highest BCUT2D eigenvalue weighted by Gasteiger charge is 1.97. The molecule has 2 heterocycles. The monoisotopic (exact) mass is 194 g/mol. The summed E-state index contributed by atoms with van der Waals surface area (Å²) in [4.78, 5) is 5.31. The van der Waals surface area contributed by atoms with Crippen molar-refractivity contribution in [1.29, 1.82) is 0 Å². The zero-order chi connectivity index (χ0) is 9.84. The van der Waals surface area contributed by atoms with Gasteiger partial charge in [0.25, 0.3) is 0 Å². The SMILES string of the molecule is CC.Cc1cc2cc(N)ncc2s1. The fraction of sp³-hybridized carbons (Fsp3) is 0.300. The molecule has 0 atom stereocenters. The highest BCUT2D eigenvalue weighted by Crippen LogP contribution is 2.24. The molecule has 0 bridgehead atoms. The number of fused-ring (bicyclic) bond motifs is 1. The number of hydrogen-bond donors (Lipinski definition) is 1. The van der Waals surface area contributed by atoms with Gasteiger partial charge in [-0.2, -0.15) is 0 Å². The second-order valence-corrected chi connectivity index (χ2v) is 3.79. The van der Waals surface area contributed by atoms with Crippen molar-refractivity contribution >= 4 is 27.2 Å². The molecular weight excluding hydrogens is 180 g/mol. The molecule has 0 amide bonds. The average Bonchev–Trinajstić information content (AvgIpc) is 2.48. The van der Waals surface area contributed by atoms with Crippen LogP contribution in [0.5, 0.6) is 0 Å². The Hall–Kier alpha value is -1.09. The quantitative estimate of drug-likeness (QED) is 0.699. The van der Waals surface area contributed by atoms with Gasteiger partial charge in [0.2, 0.25) is 0 Å². The predicted octanol–water partition coefficient (Wildman–Crippen LogP) is 3.21. The van der Waals surface area contributed by atoms with E-state index in [1.54, 1.807) is 11.3 Å². The minimum Gasteiger partial charge on any atom is -0.384 e. The lowest BCUT2D eigenvalue weighted by Gasteiger charge is -1.89. The number of rotatable bonds is 0. The third kappa shape index (κ3) is 2.18. The summed E-state index contributed by atoms with van der Waals surface area (Å²) in [5, 5.41) is 1.19. The molecule has 0 saturated carbocycles. The van der Waals surface area contributed by atoms with Crippen LogP contribution in [0.4, 0.5) is 5.82 Å². The van der Waals surface area contributed by atoms with Crippen LogP contribution in [0, 0.1) is 6.92 Å². The average molecular weight is 194 g/mol. The molecule has 0 radical (unpaired) electrons. The molecule has 2 rings (SSSR count). The van der Waals surface area contributed by atoms with E-state index >= 15 is 0 Å². The molecular formula is C10H14N2S. The Kier molecular flexibility index (Phi) is 3.25. The number of nitrogens with two attached hydrogens (primary N) is 1. The first-order valence-corrected chi connectivity index (χ1v) is 5.19. The van der Waals surface area contributed by atoms with E-state index in [1.807, 2.05) is 26.1 Å². The van der Waals surface area contributed by atoms with Crippen LogP contribution in [0.25, 0.3) is 10.1 Å². The zero-order valence-electron chi connectivity index (χ0n) is 8.16. The van der Waals surface area contributed by atoms with Crippen LogP contribution in [-0.4, -0.2) is 4.98 Å². The van der Waals surface area contributed by atoms with E-state index in [-0.39, 0.29) is 0 Å². The largest absolute Gasteiger partial charge is 0.384 e. The Bertz CT molecular complexity index is 393. The van der Waals surface area contributed by atoms with Gasteiger partial charge in [0.1, 0.15) is 5.82 Å². The summed E-state index contributed by atoms with van der Waals surface area (Å²) in [6.07, 6.45) is 1.82. The van der Waals surface area contributed by atoms with Crippen LogP contribution in [0.15, 0.2) is 18.3 Å². The second kappa shape index (κ2) is 4.23. The van der Waals surface area contributed by atoms with Crippen LogP contribution >= 0.6 is 11.3 Å². The summed E-state index contributed by atoms with van der Waals surface area (Å²) in [5.41, 5.74) is 5.53. The molecule has 0 aliphatic carbocycles. The Morgan fingerprint density at radius 3 is 2.69 bits per heavy atom. The fourth-order valence-corrected chi connectivity index (χ4v) is 1.97. The van der Waals surface area contributed by atoms with Gasteiger partial charge in [0.15, 0.2) is 0 Å². The number of nitrogen functional groups attached to an aromatic ring is 1. The summed E-state index contributed by atoms with van der Waals surface area (Å²) < 4.78 is 1.21. The molecule has 0 unspecified atom stereocenters. The van der Waals surface area contributed by atoms with Gasteiger partial charge in [-0.3, -0.25) is 0 Å². The normalized spacial score (nSPS) is 9.46. The summed E-state index contributed by atoms with van der Waals surface area (Å²) >= 11 is 1.74. The number of aromatic nitrogens is 1. The Balaban J connectivity index is 0.000000396. The first-order valence-electron chi connectivity index (χ1n) is 4.37. The molecule has 0 aliphatic rings. The van der Waals surface area contributed by atoms with Crippen LogP contribution in [-0.2, 0) is 0 Å². The molecule has 0 spiro atoms. The lowest BCUT2D eigenvalue weighted by atomic mass is 10.3. The van der Waals surface area contributed by atoms with E-state index in [1.165, 1.54) is 15.0 Å². The molecule has 2 aromatic rings. The van der Waals surface area contributed by atoms with E-state index in [2.05, 4.69) is 18.0 Å². The Morgan fingerprint density at radius 1 is 1.31 bits per heavy atom. The van der Waals surface area contributed by atoms with Gasteiger partial charge in [-0.25, -0.2) is 4.98 Å². The van der Waals surface area contributed by atoms with Gasteiger partial charge >= 0.3 is 0 Å².